The first-order chi connectivity index (χ1) is 13.4. The van der Waals surface area contributed by atoms with E-state index in [1.165, 1.54) is 18.2 Å². The van der Waals surface area contributed by atoms with Crippen molar-refractivity contribution in [2.75, 3.05) is 7.11 Å². The average molecular weight is 393 g/mol. The summed E-state index contributed by atoms with van der Waals surface area (Å²) in [6.45, 7) is 4.16. The van der Waals surface area contributed by atoms with E-state index in [2.05, 4.69) is 52.3 Å². The van der Waals surface area contributed by atoms with Crippen LogP contribution in [-0.4, -0.2) is 30.4 Å². The molecule has 1 fully saturated rings. The highest BCUT2D eigenvalue weighted by Crippen LogP contribution is 2.24. The topological polar surface area (TPSA) is 80.1 Å². The number of amides is 1. The van der Waals surface area contributed by atoms with Crippen LogP contribution >= 0.6 is 11.8 Å². The van der Waals surface area contributed by atoms with Crippen LogP contribution in [0.1, 0.15) is 16.7 Å². The summed E-state index contributed by atoms with van der Waals surface area (Å²) in [5.41, 5.74) is 5.56. The van der Waals surface area contributed by atoms with E-state index < -0.39 is 11.9 Å². The highest BCUT2D eigenvalue weighted by atomic mass is 32.2. The van der Waals surface area contributed by atoms with Crippen LogP contribution in [0.15, 0.2) is 63.6 Å². The molecule has 1 saturated heterocycles. The van der Waals surface area contributed by atoms with E-state index in [0.717, 1.165) is 34.5 Å². The number of ether oxygens (including phenoxy) is 1. The number of amidine groups is 1. The lowest BCUT2D eigenvalue weighted by Crippen LogP contribution is -2.19. The number of hydrogen-bond donors (Lipinski definition) is 1. The third kappa shape index (κ3) is 4.95. The molecule has 1 N–H and O–H groups in total. The van der Waals surface area contributed by atoms with Crippen LogP contribution in [0, 0.1) is 13.8 Å². The summed E-state index contributed by atoms with van der Waals surface area (Å²) >= 11 is 1.04. The molecule has 3 rings (SSSR count). The van der Waals surface area contributed by atoms with Gasteiger partial charge in [0.15, 0.2) is 5.17 Å². The van der Waals surface area contributed by atoms with Gasteiger partial charge in [0, 0.05) is 6.08 Å². The monoisotopic (exact) mass is 393 g/mol. The Kier molecular flexibility index (Phi) is 6.06. The predicted molar refractivity (Wildman–Crippen MR) is 112 cm³/mol. The summed E-state index contributed by atoms with van der Waals surface area (Å²) in [5, 5.41) is 10.9. The molecule has 0 unspecified atom stereocenters. The van der Waals surface area contributed by atoms with Crippen LogP contribution in [0.4, 0.5) is 0 Å². The number of benzene rings is 2. The van der Waals surface area contributed by atoms with E-state index in [1.807, 2.05) is 24.3 Å². The third-order valence-corrected chi connectivity index (χ3v) is 4.80. The van der Waals surface area contributed by atoms with E-state index in [1.54, 1.807) is 6.21 Å². The largest absolute Gasteiger partial charge is 0.466 e. The standard InChI is InChI=1S/C21H19N3O3S/c1-13-7-14(2)9-17(8-13)16-6-4-5-15(10-16)12-22-24-21-23-20(26)18(28-21)11-19(25)27-3/h4-12H,1-3H3,(H,23,24,26)/b18-11+,22-12?. The fourth-order valence-corrected chi connectivity index (χ4v) is 3.47. The lowest BCUT2D eigenvalue weighted by molar-refractivity contribution is -0.135. The Morgan fingerprint density at radius 2 is 1.86 bits per heavy atom. The van der Waals surface area contributed by atoms with Gasteiger partial charge in [0.1, 0.15) is 0 Å². The highest BCUT2D eigenvalue weighted by Gasteiger charge is 2.24. The summed E-state index contributed by atoms with van der Waals surface area (Å²) in [4.78, 5) is 23.3. The van der Waals surface area contributed by atoms with E-state index in [0.29, 0.717) is 5.17 Å². The van der Waals surface area contributed by atoms with Crippen molar-refractivity contribution >= 4 is 35.0 Å². The first-order valence-electron chi connectivity index (χ1n) is 8.53. The summed E-state index contributed by atoms with van der Waals surface area (Å²) < 4.78 is 4.52. The van der Waals surface area contributed by atoms with Gasteiger partial charge in [-0.15, -0.1) is 5.10 Å². The molecular weight excluding hydrogens is 374 g/mol. The molecular formula is C21H19N3O3S. The van der Waals surface area contributed by atoms with Crippen LogP contribution < -0.4 is 5.32 Å². The Balaban J connectivity index is 1.75. The Labute approximate surface area is 167 Å². The van der Waals surface area contributed by atoms with Gasteiger partial charge in [0.2, 0.25) is 0 Å². The zero-order valence-electron chi connectivity index (χ0n) is 15.7. The molecule has 0 bridgehead atoms. The molecule has 6 nitrogen and oxygen atoms in total. The summed E-state index contributed by atoms with van der Waals surface area (Å²) in [5.74, 6) is -0.994. The van der Waals surface area contributed by atoms with Crippen molar-refractivity contribution in [2.24, 2.45) is 10.2 Å². The second-order valence-corrected chi connectivity index (χ2v) is 7.27. The first kappa shape index (κ1) is 19.6. The van der Waals surface area contributed by atoms with E-state index in [4.69, 9.17) is 0 Å². The number of nitrogens with one attached hydrogen (secondary N) is 1. The Morgan fingerprint density at radius 1 is 1.11 bits per heavy atom. The first-order valence-corrected chi connectivity index (χ1v) is 9.35. The minimum atomic E-state index is -0.592. The smallest absolute Gasteiger partial charge is 0.331 e. The molecule has 0 aliphatic carbocycles. The molecule has 7 heteroatoms. The molecule has 28 heavy (non-hydrogen) atoms. The molecule has 142 valence electrons. The van der Waals surface area contributed by atoms with Crippen LogP contribution in [0.2, 0.25) is 0 Å². The van der Waals surface area contributed by atoms with E-state index in [9.17, 15) is 9.59 Å². The quantitative estimate of drug-likeness (QED) is 0.373. The van der Waals surface area contributed by atoms with Crippen molar-refractivity contribution in [3.8, 4) is 11.1 Å². The van der Waals surface area contributed by atoms with Crippen molar-refractivity contribution in [2.45, 2.75) is 13.8 Å². The van der Waals surface area contributed by atoms with Crippen LogP contribution in [0.25, 0.3) is 11.1 Å². The molecule has 0 saturated carbocycles. The van der Waals surface area contributed by atoms with Crippen molar-refractivity contribution in [1.82, 2.24) is 5.32 Å². The predicted octanol–water partition coefficient (Wildman–Crippen LogP) is 3.58. The number of hydrogen-bond acceptors (Lipinski definition) is 6. The van der Waals surface area contributed by atoms with Gasteiger partial charge in [-0.2, -0.15) is 5.10 Å². The minimum absolute atomic E-state index is 0.220. The second-order valence-electron chi connectivity index (χ2n) is 6.24. The minimum Gasteiger partial charge on any atom is -0.466 e. The van der Waals surface area contributed by atoms with Gasteiger partial charge in [-0.3, -0.25) is 10.1 Å². The number of carbonyl (C=O) groups excluding carboxylic acids is 2. The zero-order chi connectivity index (χ0) is 20.1. The van der Waals surface area contributed by atoms with Gasteiger partial charge in [-0.1, -0.05) is 47.5 Å². The fourth-order valence-electron chi connectivity index (χ4n) is 2.73. The Morgan fingerprint density at radius 3 is 2.57 bits per heavy atom. The van der Waals surface area contributed by atoms with Crippen molar-refractivity contribution in [3.63, 3.8) is 0 Å². The normalized spacial score (nSPS) is 16.8. The molecule has 1 heterocycles. The molecule has 2 aromatic carbocycles. The van der Waals surface area contributed by atoms with Crippen LogP contribution in [0.5, 0.6) is 0 Å². The summed E-state index contributed by atoms with van der Waals surface area (Å²) in [7, 11) is 1.25. The lowest BCUT2D eigenvalue weighted by Gasteiger charge is -2.06. The average Bonchev–Trinajstić information content (AvgIpc) is 3.00. The SMILES string of the molecule is COC(=O)/C=C1/S/C(=N\N=Cc2cccc(-c3cc(C)cc(C)c3)c2)NC1=O. The number of aryl methyl sites for hydroxylation is 2. The number of esters is 1. The molecule has 0 atom stereocenters. The van der Waals surface area contributed by atoms with Crippen LogP contribution in [-0.2, 0) is 14.3 Å². The maximum absolute atomic E-state index is 11.8. The molecule has 2 aromatic rings. The van der Waals surface area contributed by atoms with Crippen molar-refractivity contribution in [1.29, 1.82) is 0 Å². The highest BCUT2D eigenvalue weighted by molar-refractivity contribution is 8.18. The zero-order valence-corrected chi connectivity index (χ0v) is 16.5. The van der Waals surface area contributed by atoms with E-state index >= 15 is 0 Å². The number of methoxy groups -OCH3 is 1. The summed E-state index contributed by atoms with van der Waals surface area (Å²) in [6.07, 6.45) is 2.74. The second kappa shape index (κ2) is 8.67. The van der Waals surface area contributed by atoms with Crippen molar-refractivity contribution < 1.29 is 14.3 Å². The van der Waals surface area contributed by atoms with Gasteiger partial charge in [-0.25, -0.2) is 4.79 Å². The number of thioether (sulfide) groups is 1. The third-order valence-electron chi connectivity index (χ3n) is 3.90. The molecule has 1 aliphatic heterocycles. The van der Waals surface area contributed by atoms with Crippen molar-refractivity contribution in [3.05, 3.63) is 70.1 Å². The Bertz CT molecular complexity index is 1010. The number of carbonyl (C=O) groups is 2. The van der Waals surface area contributed by atoms with Gasteiger partial charge < -0.3 is 4.74 Å². The maximum Gasteiger partial charge on any atom is 0.331 e. The van der Waals surface area contributed by atoms with Gasteiger partial charge in [0.05, 0.1) is 18.2 Å². The van der Waals surface area contributed by atoms with E-state index in [-0.39, 0.29) is 4.91 Å². The maximum atomic E-state index is 11.8. The summed E-state index contributed by atoms with van der Waals surface area (Å²) in [6, 6.07) is 14.4. The number of nitrogens with zero attached hydrogens (tertiary/aromatic N) is 2. The molecule has 0 aromatic heterocycles. The molecule has 0 spiro atoms. The van der Waals surface area contributed by atoms with Gasteiger partial charge >= 0.3 is 5.97 Å². The molecule has 1 aliphatic rings. The lowest BCUT2D eigenvalue weighted by atomic mass is 9.99. The molecule has 0 radical (unpaired) electrons. The Hall–Kier alpha value is -3.19. The van der Waals surface area contributed by atoms with Gasteiger partial charge in [-0.05, 0) is 48.4 Å². The molecule has 1 amide bonds. The number of rotatable bonds is 4. The van der Waals surface area contributed by atoms with Crippen LogP contribution in [0.3, 0.4) is 0 Å². The van der Waals surface area contributed by atoms with Gasteiger partial charge in [0.25, 0.3) is 5.91 Å². The fraction of sp³-hybridized carbons (Fsp3) is 0.143.